The van der Waals surface area contributed by atoms with E-state index < -0.39 is 0 Å². The van der Waals surface area contributed by atoms with Crippen LogP contribution in [-0.4, -0.2) is 42.3 Å². The smallest absolute Gasteiger partial charge is 0.160 e. The summed E-state index contributed by atoms with van der Waals surface area (Å²) < 4.78 is 0. The van der Waals surface area contributed by atoms with Crippen molar-refractivity contribution in [2.75, 3.05) is 36.9 Å². The molecule has 0 radical (unpaired) electrons. The molecule has 0 aliphatic rings. The molecule has 2 aromatic rings. The predicted octanol–water partition coefficient (Wildman–Crippen LogP) is 1.99. The molecular weight excluding hydrogens is 300 g/mol. The van der Waals surface area contributed by atoms with Gasteiger partial charge in [-0.15, -0.1) is 11.3 Å². The standard InChI is InChI=1S/C16H20N2O3S/c1-11(21)12-8-16(22-10-12)14-9-13(2-3-15(14)17)18(4-6-19)5-7-20/h2-3,8-10,19-20H,4-7,17H2,1H3. The lowest BCUT2D eigenvalue weighted by atomic mass is 10.1. The maximum atomic E-state index is 11.4. The molecule has 6 heteroatoms. The molecule has 0 amide bonds. The Morgan fingerprint density at radius 3 is 2.45 bits per heavy atom. The van der Waals surface area contributed by atoms with Crippen molar-refractivity contribution in [1.82, 2.24) is 0 Å². The molecule has 0 saturated heterocycles. The number of nitrogens with two attached hydrogens (primary N) is 1. The van der Waals surface area contributed by atoms with E-state index in [4.69, 9.17) is 15.9 Å². The molecule has 4 N–H and O–H groups in total. The van der Waals surface area contributed by atoms with Crippen LogP contribution < -0.4 is 10.6 Å². The number of hydrogen-bond donors (Lipinski definition) is 3. The van der Waals surface area contributed by atoms with Gasteiger partial charge in [0.2, 0.25) is 0 Å². The quantitative estimate of drug-likeness (QED) is 0.536. The van der Waals surface area contributed by atoms with Crippen molar-refractivity contribution in [2.24, 2.45) is 0 Å². The number of aliphatic hydroxyl groups excluding tert-OH is 2. The van der Waals surface area contributed by atoms with Gasteiger partial charge in [0.1, 0.15) is 0 Å². The van der Waals surface area contributed by atoms with Crippen LogP contribution in [0.3, 0.4) is 0 Å². The highest BCUT2D eigenvalue weighted by molar-refractivity contribution is 7.14. The molecule has 0 aliphatic carbocycles. The number of ketones is 1. The van der Waals surface area contributed by atoms with E-state index in [1.165, 1.54) is 18.3 Å². The van der Waals surface area contributed by atoms with E-state index in [9.17, 15) is 4.79 Å². The van der Waals surface area contributed by atoms with Crippen LogP contribution in [0.1, 0.15) is 17.3 Å². The number of carbonyl (C=O) groups excluding carboxylic acids is 1. The Morgan fingerprint density at radius 1 is 1.23 bits per heavy atom. The summed E-state index contributed by atoms with van der Waals surface area (Å²) in [6.45, 7) is 2.43. The van der Waals surface area contributed by atoms with Gasteiger partial charge < -0.3 is 20.8 Å². The minimum atomic E-state index is 0.00714. The van der Waals surface area contributed by atoms with Crippen LogP contribution in [0.2, 0.25) is 0 Å². The molecule has 1 aromatic carbocycles. The number of rotatable bonds is 7. The van der Waals surface area contributed by atoms with Crippen LogP contribution in [0.5, 0.6) is 0 Å². The van der Waals surface area contributed by atoms with Gasteiger partial charge in [-0.25, -0.2) is 0 Å². The topological polar surface area (TPSA) is 86.8 Å². The monoisotopic (exact) mass is 320 g/mol. The Labute approximate surface area is 133 Å². The number of anilines is 2. The summed E-state index contributed by atoms with van der Waals surface area (Å²) in [4.78, 5) is 14.3. The molecule has 0 atom stereocenters. The summed E-state index contributed by atoms with van der Waals surface area (Å²) in [5.41, 5.74) is 9.10. The highest BCUT2D eigenvalue weighted by Gasteiger charge is 2.12. The molecule has 0 aliphatic heterocycles. The van der Waals surface area contributed by atoms with Gasteiger partial charge in [-0.2, -0.15) is 0 Å². The van der Waals surface area contributed by atoms with Crippen LogP contribution >= 0.6 is 11.3 Å². The number of benzene rings is 1. The van der Waals surface area contributed by atoms with Crippen molar-refractivity contribution in [3.8, 4) is 10.4 Å². The maximum Gasteiger partial charge on any atom is 0.160 e. The molecule has 2 rings (SSSR count). The van der Waals surface area contributed by atoms with E-state index >= 15 is 0 Å². The molecular formula is C16H20N2O3S. The Kier molecular flexibility index (Phi) is 5.54. The van der Waals surface area contributed by atoms with E-state index in [0.717, 1.165) is 16.1 Å². The Hall–Kier alpha value is -1.89. The molecule has 118 valence electrons. The second-order valence-corrected chi connectivity index (χ2v) is 5.87. The summed E-state index contributed by atoms with van der Waals surface area (Å²) in [7, 11) is 0. The van der Waals surface area contributed by atoms with Crippen molar-refractivity contribution in [1.29, 1.82) is 0 Å². The Balaban J connectivity index is 2.38. The van der Waals surface area contributed by atoms with Gasteiger partial charge in [-0.1, -0.05) is 0 Å². The molecule has 0 unspecified atom stereocenters. The Bertz CT molecular complexity index is 649. The average Bonchev–Trinajstić information content (AvgIpc) is 2.97. The average molecular weight is 320 g/mol. The minimum Gasteiger partial charge on any atom is -0.398 e. The van der Waals surface area contributed by atoms with E-state index in [0.29, 0.717) is 24.3 Å². The van der Waals surface area contributed by atoms with E-state index in [1.807, 2.05) is 28.5 Å². The lowest BCUT2D eigenvalue weighted by molar-refractivity contribution is 0.101. The summed E-state index contributed by atoms with van der Waals surface area (Å²) in [5, 5.41) is 20.1. The lowest BCUT2D eigenvalue weighted by Crippen LogP contribution is -2.29. The largest absolute Gasteiger partial charge is 0.398 e. The van der Waals surface area contributed by atoms with Crippen LogP contribution in [-0.2, 0) is 0 Å². The molecule has 5 nitrogen and oxygen atoms in total. The van der Waals surface area contributed by atoms with Crippen molar-refractivity contribution in [3.63, 3.8) is 0 Å². The van der Waals surface area contributed by atoms with E-state index in [1.54, 1.807) is 6.07 Å². The molecule has 0 fully saturated rings. The number of carbonyl (C=O) groups is 1. The first kappa shape index (κ1) is 16.5. The number of nitrogen functional groups attached to an aromatic ring is 1. The second kappa shape index (κ2) is 7.40. The molecule has 0 saturated carbocycles. The third-order valence-electron chi connectivity index (χ3n) is 3.41. The van der Waals surface area contributed by atoms with Gasteiger partial charge in [0, 0.05) is 45.8 Å². The number of Topliss-reactive ketones (excluding diaryl/α,β-unsaturated/α-hetero) is 1. The van der Waals surface area contributed by atoms with E-state index in [2.05, 4.69) is 0 Å². The van der Waals surface area contributed by atoms with Crippen LogP contribution in [0.25, 0.3) is 10.4 Å². The molecule has 22 heavy (non-hydrogen) atoms. The third kappa shape index (κ3) is 3.65. The number of thiophene rings is 1. The molecule has 1 aromatic heterocycles. The molecule has 0 bridgehead atoms. The summed E-state index contributed by atoms with van der Waals surface area (Å²) in [6, 6.07) is 7.44. The zero-order chi connectivity index (χ0) is 16.1. The van der Waals surface area contributed by atoms with Crippen molar-refractivity contribution in [3.05, 3.63) is 35.2 Å². The van der Waals surface area contributed by atoms with Gasteiger partial charge >= 0.3 is 0 Å². The zero-order valence-corrected chi connectivity index (χ0v) is 13.3. The van der Waals surface area contributed by atoms with Crippen LogP contribution in [0.15, 0.2) is 29.6 Å². The Morgan fingerprint density at radius 2 is 1.91 bits per heavy atom. The fraction of sp³-hybridized carbons (Fsp3) is 0.312. The number of aliphatic hydroxyl groups is 2. The second-order valence-electron chi connectivity index (χ2n) is 4.96. The van der Waals surface area contributed by atoms with Crippen molar-refractivity contribution < 1.29 is 15.0 Å². The minimum absolute atomic E-state index is 0.00714. The lowest BCUT2D eigenvalue weighted by Gasteiger charge is -2.23. The van der Waals surface area contributed by atoms with Crippen LogP contribution in [0.4, 0.5) is 11.4 Å². The zero-order valence-electron chi connectivity index (χ0n) is 12.5. The SMILES string of the molecule is CC(=O)c1csc(-c2cc(N(CCO)CCO)ccc2N)c1. The van der Waals surface area contributed by atoms with Crippen molar-refractivity contribution >= 4 is 28.5 Å². The molecule has 0 spiro atoms. The predicted molar refractivity (Wildman–Crippen MR) is 90.6 cm³/mol. The van der Waals surface area contributed by atoms with E-state index in [-0.39, 0.29) is 19.0 Å². The van der Waals surface area contributed by atoms with Gasteiger partial charge in [0.05, 0.1) is 13.2 Å². The normalized spacial score (nSPS) is 10.7. The number of nitrogens with zero attached hydrogens (tertiary/aromatic N) is 1. The first-order chi connectivity index (χ1) is 10.6. The fourth-order valence-corrected chi connectivity index (χ4v) is 3.21. The first-order valence-corrected chi connectivity index (χ1v) is 7.90. The van der Waals surface area contributed by atoms with Gasteiger partial charge in [0.25, 0.3) is 0 Å². The van der Waals surface area contributed by atoms with Crippen LogP contribution in [0, 0.1) is 0 Å². The van der Waals surface area contributed by atoms with Gasteiger partial charge in [-0.3, -0.25) is 4.79 Å². The first-order valence-electron chi connectivity index (χ1n) is 7.03. The summed E-state index contributed by atoms with van der Waals surface area (Å²) >= 11 is 1.47. The van der Waals surface area contributed by atoms with Crippen molar-refractivity contribution in [2.45, 2.75) is 6.92 Å². The van der Waals surface area contributed by atoms with Gasteiger partial charge in [0.15, 0.2) is 5.78 Å². The summed E-state index contributed by atoms with van der Waals surface area (Å²) in [6.07, 6.45) is 0. The highest BCUT2D eigenvalue weighted by atomic mass is 32.1. The molecule has 1 heterocycles. The highest BCUT2D eigenvalue weighted by Crippen LogP contribution is 2.34. The number of hydrogen-bond acceptors (Lipinski definition) is 6. The maximum absolute atomic E-state index is 11.4. The fourth-order valence-electron chi connectivity index (χ4n) is 2.23. The third-order valence-corrected chi connectivity index (χ3v) is 4.38. The van der Waals surface area contributed by atoms with Gasteiger partial charge in [-0.05, 0) is 31.2 Å². The summed E-state index contributed by atoms with van der Waals surface area (Å²) in [5.74, 6) is 0.0272.